The molecule has 0 aliphatic rings. The van der Waals surface area contributed by atoms with E-state index in [0.717, 1.165) is 12.1 Å². The molecule has 0 saturated heterocycles. The molecule has 0 spiro atoms. The van der Waals surface area contributed by atoms with Crippen molar-refractivity contribution in [1.82, 2.24) is 9.78 Å². The predicted octanol–water partition coefficient (Wildman–Crippen LogP) is 3.69. The molecule has 28 heavy (non-hydrogen) atoms. The van der Waals surface area contributed by atoms with Gasteiger partial charge in [0.05, 0.1) is 5.69 Å². The number of benzene rings is 2. The van der Waals surface area contributed by atoms with Gasteiger partial charge in [-0.15, -0.1) is 13.2 Å². The molecule has 0 fully saturated rings. The number of anilines is 1. The molecule has 9 heteroatoms. The molecule has 1 aromatic heterocycles. The second-order valence-corrected chi connectivity index (χ2v) is 5.78. The third-order valence-electron chi connectivity index (χ3n) is 3.65. The first kappa shape index (κ1) is 19.2. The maximum atomic E-state index is 12.5. The number of amides is 1. The number of rotatable bonds is 4. The van der Waals surface area contributed by atoms with Crippen molar-refractivity contribution in [3.8, 4) is 11.4 Å². The molecule has 0 bridgehead atoms. The zero-order valence-corrected chi connectivity index (χ0v) is 14.5. The minimum Gasteiger partial charge on any atom is -0.406 e. The summed E-state index contributed by atoms with van der Waals surface area (Å²) in [5, 5.41) is 6.46. The number of halogens is 3. The lowest BCUT2D eigenvalue weighted by Gasteiger charge is -2.12. The summed E-state index contributed by atoms with van der Waals surface area (Å²) in [6.07, 6.45) is -4.86. The molecule has 3 aromatic rings. The Morgan fingerprint density at radius 1 is 1.07 bits per heavy atom. The number of aromatic nitrogens is 2. The molecule has 1 N–H and O–H groups in total. The Labute approximate surface area is 157 Å². The van der Waals surface area contributed by atoms with Crippen LogP contribution in [0.25, 0.3) is 5.69 Å². The zero-order valence-electron chi connectivity index (χ0n) is 14.5. The van der Waals surface area contributed by atoms with E-state index < -0.39 is 29.1 Å². The molecule has 0 atom stereocenters. The fraction of sp³-hybridized carbons (Fsp3) is 0.105. The summed E-state index contributed by atoms with van der Waals surface area (Å²) in [5.41, 5.74) is 0.198. The maximum absolute atomic E-state index is 12.5. The second kappa shape index (κ2) is 7.55. The van der Waals surface area contributed by atoms with E-state index in [2.05, 4.69) is 15.2 Å². The van der Waals surface area contributed by atoms with Crippen LogP contribution in [0.2, 0.25) is 0 Å². The molecule has 0 unspecified atom stereocenters. The van der Waals surface area contributed by atoms with Gasteiger partial charge in [0.25, 0.3) is 5.91 Å². The number of nitrogens with one attached hydrogen (secondary N) is 1. The molecule has 1 amide bonds. The van der Waals surface area contributed by atoms with Crippen LogP contribution in [-0.2, 0) is 0 Å². The van der Waals surface area contributed by atoms with Gasteiger partial charge in [0.15, 0.2) is 5.69 Å². The summed E-state index contributed by atoms with van der Waals surface area (Å²) in [4.78, 5) is 24.7. The largest absolute Gasteiger partial charge is 0.573 e. The van der Waals surface area contributed by atoms with E-state index in [4.69, 9.17) is 0 Å². The van der Waals surface area contributed by atoms with Crippen molar-refractivity contribution >= 4 is 11.6 Å². The zero-order chi connectivity index (χ0) is 20.3. The van der Waals surface area contributed by atoms with Crippen molar-refractivity contribution in [3.63, 3.8) is 0 Å². The van der Waals surface area contributed by atoms with Crippen LogP contribution in [0.15, 0.2) is 65.5 Å². The van der Waals surface area contributed by atoms with Gasteiger partial charge < -0.3 is 10.1 Å². The van der Waals surface area contributed by atoms with E-state index in [9.17, 15) is 22.8 Å². The summed E-state index contributed by atoms with van der Waals surface area (Å²) in [6.45, 7) is 1.67. The summed E-state index contributed by atoms with van der Waals surface area (Å²) >= 11 is 0. The summed E-state index contributed by atoms with van der Waals surface area (Å²) in [6, 6.07) is 14.9. The number of ether oxygens (including phenoxy) is 1. The lowest BCUT2D eigenvalue weighted by molar-refractivity contribution is -0.274. The van der Waals surface area contributed by atoms with Gasteiger partial charge in [0, 0.05) is 23.5 Å². The minimum absolute atomic E-state index is 0.0276. The normalized spacial score (nSPS) is 11.1. The Balaban J connectivity index is 1.89. The van der Waals surface area contributed by atoms with Crippen LogP contribution in [0.5, 0.6) is 5.75 Å². The first-order valence-electron chi connectivity index (χ1n) is 8.06. The molecule has 144 valence electrons. The summed E-state index contributed by atoms with van der Waals surface area (Å²) in [7, 11) is 0. The van der Waals surface area contributed by atoms with E-state index in [1.165, 1.54) is 22.9 Å². The highest BCUT2D eigenvalue weighted by atomic mass is 19.4. The quantitative estimate of drug-likeness (QED) is 0.739. The van der Waals surface area contributed by atoms with E-state index in [0.29, 0.717) is 11.4 Å². The predicted molar refractivity (Wildman–Crippen MR) is 95.6 cm³/mol. The van der Waals surface area contributed by atoms with Crippen molar-refractivity contribution in [2.45, 2.75) is 13.3 Å². The van der Waals surface area contributed by atoms with Crippen LogP contribution in [0.4, 0.5) is 18.9 Å². The molecular weight excluding hydrogens is 375 g/mol. The van der Waals surface area contributed by atoms with E-state index in [1.807, 2.05) is 6.07 Å². The second-order valence-electron chi connectivity index (χ2n) is 5.78. The van der Waals surface area contributed by atoms with Crippen LogP contribution in [-0.4, -0.2) is 22.1 Å². The fourth-order valence-corrected chi connectivity index (χ4v) is 2.50. The number of hydrogen-bond donors (Lipinski definition) is 1. The number of hydrogen-bond acceptors (Lipinski definition) is 4. The summed E-state index contributed by atoms with van der Waals surface area (Å²) < 4.78 is 42.2. The van der Waals surface area contributed by atoms with E-state index >= 15 is 0 Å². The molecule has 3 rings (SSSR count). The van der Waals surface area contributed by atoms with Crippen LogP contribution in [0.3, 0.4) is 0 Å². The molecular formula is C19H14F3N3O3. The molecule has 1 heterocycles. The molecule has 2 aromatic carbocycles. The Morgan fingerprint density at radius 3 is 2.46 bits per heavy atom. The van der Waals surface area contributed by atoms with Crippen molar-refractivity contribution in [1.29, 1.82) is 0 Å². The number of carbonyl (C=O) groups is 1. The highest BCUT2D eigenvalue weighted by Gasteiger charge is 2.31. The van der Waals surface area contributed by atoms with Crippen LogP contribution >= 0.6 is 0 Å². The first-order chi connectivity index (χ1) is 13.2. The van der Waals surface area contributed by atoms with Gasteiger partial charge >= 0.3 is 6.36 Å². The summed E-state index contributed by atoms with van der Waals surface area (Å²) in [5.74, 6) is -1.34. The van der Waals surface area contributed by atoms with Crippen molar-refractivity contribution < 1.29 is 22.7 Å². The van der Waals surface area contributed by atoms with Gasteiger partial charge in [-0.25, -0.2) is 4.68 Å². The Morgan fingerprint density at radius 2 is 1.79 bits per heavy atom. The number of alkyl halides is 3. The lowest BCUT2D eigenvalue weighted by Crippen LogP contribution is -2.27. The maximum Gasteiger partial charge on any atom is 0.573 e. The Bertz CT molecular complexity index is 1060. The van der Waals surface area contributed by atoms with Crippen molar-refractivity contribution in [2.75, 3.05) is 5.32 Å². The van der Waals surface area contributed by atoms with Gasteiger partial charge in [-0.05, 0) is 31.2 Å². The molecule has 0 aliphatic heterocycles. The topological polar surface area (TPSA) is 73.2 Å². The third kappa shape index (κ3) is 4.56. The van der Waals surface area contributed by atoms with E-state index in [1.54, 1.807) is 31.2 Å². The van der Waals surface area contributed by atoms with Crippen molar-refractivity contribution in [2.24, 2.45) is 0 Å². The average Bonchev–Trinajstić information content (AvgIpc) is 2.61. The lowest BCUT2D eigenvalue weighted by atomic mass is 10.2. The highest BCUT2D eigenvalue weighted by molar-refractivity contribution is 6.02. The molecule has 0 saturated carbocycles. The average molecular weight is 389 g/mol. The molecule has 0 aliphatic carbocycles. The minimum atomic E-state index is -4.86. The van der Waals surface area contributed by atoms with Gasteiger partial charge in [0.2, 0.25) is 5.43 Å². The van der Waals surface area contributed by atoms with Gasteiger partial charge in [0.1, 0.15) is 5.75 Å². The van der Waals surface area contributed by atoms with Gasteiger partial charge in [-0.1, -0.05) is 24.3 Å². The highest BCUT2D eigenvalue weighted by Crippen LogP contribution is 2.25. The number of nitrogens with zero attached hydrogens (tertiary/aromatic N) is 2. The SMILES string of the molecule is Cc1cc(=O)c(C(=O)Nc2cccc(OC(F)(F)F)c2)nn1-c1ccccc1. The standard InChI is InChI=1S/C19H14F3N3O3/c1-12-10-16(26)17(24-25(12)14-7-3-2-4-8-14)18(27)23-13-6-5-9-15(11-13)28-19(20,21)22/h2-11H,1H3,(H,23,27). The molecule has 0 radical (unpaired) electrons. The Hall–Kier alpha value is -3.62. The number of aryl methyl sites for hydroxylation is 1. The Kier molecular flexibility index (Phi) is 5.16. The van der Waals surface area contributed by atoms with Gasteiger partial charge in [-0.2, -0.15) is 5.10 Å². The first-order valence-corrected chi connectivity index (χ1v) is 8.06. The van der Waals surface area contributed by atoms with Gasteiger partial charge in [-0.3, -0.25) is 9.59 Å². The van der Waals surface area contributed by atoms with Crippen LogP contribution < -0.4 is 15.5 Å². The monoisotopic (exact) mass is 389 g/mol. The van der Waals surface area contributed by atoms with Crippen LogP contribution in [0, 0.1) is 6.92 Å². The number of carbonyl (C=O) groups excluding carboxylic acids is 1. The van der Waals surface area contributed by atoms with Crippen molar-refractivity contribution in [3.05, 3.63) is 82.3 Å². The fourth-order valence-electron chi connectivity index (χ4n) is 2.50. The smallest absolute Gasteiger partial charge is 0.406 e. The number of para-hydroxylation sites is 1. The molecule has 6 nitrogen and oxygen atoms in total. The third-order valence-corrected chi connectivity index (χ3v) is 3.65. The van der Waals surface area contributed by atoms with Crippen LogP contribution in [0.1, 0.15) is 16.2 Å². The van der Waals surface area contributed by atoms with E-state index in [-0.39, 0.29) is 5.69 Å².